The van der Waals surface area contributed by atoms with Gasteiger partial charge in [-0.3, -0.25) is 0 Å². The Bertz CT molecular complexity index is 53.6. The Morgan fingerprint density at radius 1 is 1.50 bits per heavy atom. The minimum absolute atomic E-state index is 0.442. The van der Waals surface area contributed by atoms with Crippen LogP contribution in [0.5, 0.6) is 0 Å². The fourth-order valence-electron chi connectivity index (χ4n) is 0.379. The van der Waals surface area contributed by atoms with Crippen molar-refractivity contribution in [3.8, 4) is 0 Å². The van der Waals surface area contributed by atoms with Gasteiger partial charge in [-0.25, -0.2) is 0 Å². The minimum atomic E-state index is 0.442. The van der Waals surface area contributed by atoms with Gasteiger partial charge in [0.25, 0.3) is 0 Å². The fraction of sp³-hybridized carbons (Fsp3) is 1.00. The molecule has 0 fully saturated rings. The molecule has 0 heterocycles. The number of thioether (sulfide) groups is 1. The summed E-state index contributed by atoms with van der Waals surface area (Å²) in [5.41, 5.74) is 0. The van der Waals surface area contributed by atoms with Gasteiger partial charge in [0.05, 0.1) is 0 Å². The van der Waals surface area contributed by atoms with E-state index >= 15 is 0 Å². The van der Waals surface area contributed by atoms with E-state index in [1.54, 1.807) is 0 Å². The van der Waals surface area contributed by atoms with Gasteiger partial charge in [-0.15, -0.1) is 11.8 Å². The molecule has 0 bridgehead atoms. The number of hydrogen-bond donors (Lipinski definition) is 2. The van der Waals surface area contributed by atoms with Crippen LogP contribution in [0.2, 0.25) is 0 Å². The molecule has 0 aromatic heterocycles. The second-order valence-electron chi connectivity index (χ2n) is 1.73. The summed E-state index contributed by atoms with van der Waals surface area (Å²) in [7, 11) is 0. The zero-order valence-electron chi connectivity index (χ0n) is 5.16. The van der Waals surface area contributed by atoms with E-state index in [-0.39, 0.29) is 0 Å². The molecule has 0 saturated carbocycles. The second-order valence-corrected chi connectivity index (χ2v) is 5.00. The maximum Gasteiger partial charge on any atom is 0.0447 e. The first-order valence-electron chi connectivity index (χ1n) is 2.61. The van der Waals surface area contributed by atoms with E-state index in [2.05, 4.69) is 39.1 Å². The molecule has 50 valence electrons. The summed E-state index contributed by atoms with van der Waals surface area (Å²) in [6.45, 7) is 4.23. The monoisotopic (exact) mass is 168 g/mol. The Labute approximate surface area is 66.6 Å². The zero-order chi connectivity index (χ0) is 6.57. The predicted octanol–water partition coefficient (Wildman–Crippen LogP) is 2.31. The van der Waals surface area contributed by atoms with Gasteiger partial charge in [-0.05, 0) is 6.92 Å². The highest BCUT2D eigenvalue weighted by atomic mass is 32.2. The van der Waals surface area contributed by atoms with Crippen LogP contribution >= 0.6 is 37.0 Å². The van der Waals surface area contributed by atoms with Crippen molar-refractivity contribution in [2.24, 2.45) is 0 Å². The topological polar surface area (TPSA) is 0 Å². The van der Waals surface area contributed by atoms with E-state index < -0.39 is 0 Å². The predicted molar refractivity (Wildman–Crippen MR) is 49.4 cm³/mol. The van der Waals surface area contributed by atoms with Crippen LogP contribution in [-0.4, -0.2) is 15.6 Å². The first-order chi connectivity index (χ1) is 3.66. The summed E-state index contributed by atoms with van der Waals surface area (Å²) in [5.74, 6) is 0.940. The van der Waals surface area contributed by atoms with Crippen molar-refractivity contribution in [2.45, 2.75) is 23.7 Å². The molecule has 0 aliphatic carbocycles. The fourth-order valence-corrected chi connectivity index (χ4v) is 2.02. The van der Waals surface area contributed by atoms with E-state index in [1.165, 1.54) is 0 Å². The third-order valence-electron chi connectivity index (χ3n) is 0.686. The van der Waals surface area contributed by atoms with E-state index in [1.807, 2.05) is 11.8 Å². The van der Waals surface area contributed by atoms with Crippen molar-refractivity contribution < 1.29 is 0 Å². The molecule has 0 spiro atoms. The van der Waals surface area contributed by atoms with Crippen LogP contribution in [0.15, 0.2) is 0 Å². The van der Waals surface area contributed by atoms with E-state index in [9.17, 15) is 0 Å². The van der Waals surface area contributed by atoms with Crippen LogP contribution in [-0.2, 0) is 0 Å². The molecular weight excluding hydrogens is 156 g/mol. The first-order valence-corrected chi connectivity index (χ1v) is 4.70. The highest BCUT2D eigenvalue weighted by Crippen LogP contribution is 2.19. The molecule has 0 aliphatic heterocycles. The Balaban J connectivity index is 3.10. The van der Waals surface area contributed by atoms with Crippen molar-refractivity contribution in [2.75, 3.05) is 5.75 Å². The average molecular weight is 168 g/mol. The number of thiol groups is 2. The SMILES string of the molecule is CC(S)SC(C)CS. The van der Waals surface area contributed by atoms with Gasteiger partial charge in [-0.2, -0.15) is 25.3 Å². The molecule has 0 aliphatic rings. The average Bonchev–Trinajstić information content (AvgIpc) is 1.65. The smallest absolute Gasteiger partial charge is 0.0447 e. The van der Waals surface area contributed by atoms with Gasteiger partial charge in [0.15, 0.2) is 0 Å². The lowest BCUT2D eigenvalue weighted by atomic mass is 10.6. The van der Waals surface area contributed by atoms with Crippen molar-refractivity contribution in [3.05, 3.63) is 0 Å². The minimum Gasteiger partial charge on any atom is -0.178 e. The van der Waals surface area contributed by atoms with Gasteiger partial charge in [-0.1, -0.05) is 6.92 Å². The summed E-state index contributed by atoms with van der Waals surface area (Å²) >= 11 is 10.2. The van der Waals surface area contributed by atoms with Gasteiger partial charge >= 0.3 is 0 Å². The molecule has 0 aromatic rings. The van der Waals surface area contributed by atoms with E-state index in [4.69, 9.17) is 0 Å². The Hall–Kier alpha value is 1.05. The second kappa shape index (κ2) is 4.89. The molecule has 0 rings (SSSR count). The van der Waals surface area contributed by atoms with Crippen LogP contribution in [0, 0.1) is 0 Å². The maximum absolute atomic E-state index is 4.22. The normalized spacial score (nSPS) is 18.0. The molecule has 0 aromatic carbocycles. The molecule has 2 atom stereocenters. The lowest BCUT2D eigenvalue weighted by Gasteiger charge is -2.08. The zero-order valence-corrected chi connectivity index (χ0v) is 7.77. The number of rotatable bonds is 3. The summed E-state index contributed by atoms with van der Waals surface area (Å²) < 4.78 is 0.442. The molecule has 0 amide bonds. The Kier molecular flexibility index (Phi) is 5.53. The Morgan fingerprint density at radius 3 is 2.12 bits per heavy atom. The lowest BCUT2D eigenvalue weighted by molar-refractivity contribution is 1.13. The summed E-state index contributed by atoms with van der Waals surface area (Å²) in [4.78, 5) is 0. The summed E-state index contributed by atoms with van der Waals surface area (Å²) in [5, 5.41) is 0.630. The van der Waals surface area contributed by atoms with Crippen molar-refractivity contribution >= 4 is 37.0 Å². The van der Waals surface area contributed by atoms with Crippen molar-refractivity contribution in [3.63, 3.8) is 0 Å². The molecular formula is C5H12S3. The van der Waals surface area contributed by atoms with Crippen LogP contribution in [0.25, 0.3) is 0 Å². The quantitative estimate of drug-likeness (QED) is 0.482. The molecule has 3 heteroatoms. The van der Waals surface area contributed by atoms with Gasteiger partial charge in [0.1, 0.15) is 0 Å². The molecule has 0 radical (unpaired) electrons. The highest BCUT2D eigenvalue weighted by Gasteiger charge is 2.01. The van der Waals surface area contributed by atoms with Crippen LogP contribution in [0.4, 0.5) is 0 Å². The molecule has 0 N–H and O–H groups in total. The third-order valence-corrected chi connectivity index (χ3v) is 2.87. The van der Waals surface area contributed by atoms with Gasteiger partial charge in [0, 0.05) is 15.6 Å². The van der Waals surface area contributed by atoms with Crippen LogP contribution in [0.1, 0.15) is 13.8 Å². The van der Waals surface area contributed by atoms with Crippen LogP contribution < -0.4 is 0 Å². The first kappa shape index (κ1) is 9.05. The molecule has 0 nitrogen and oxygen atoms in total. The Morgan fingerprint density at radius 2 is 2.00 bits per heavy atom. The molecule has 8 heavy (non-hydrogen) atoms. The standard InChI is InChI=1S/C5H12S3/c1-4(3-6)8-5(2)7/h4-7H,3H2,1-2H3. The highest BCUT2D eigenvalue weighted by molar-refractivity contribution is 8.11. The van der Waals surface area contributed by atoms with E-state index in [0.29, 0.717) is 9.83 Å². The maximum atomic E-state index is 4.22. The number of hydrogen-bond acceptors (Lipinski definition) is 3. The lowest BCUT2D eigenvalue weighted by Crippen LogP contribution is -2.00. The van der Waals surface area contributed by atoms with Crippen molar-refractivity contribution in [1.82, 2.24) is 0 Å². The summed E-state index contributed by atoms with van der Waals surface area (Å²) in [6.07, 6.45) is 0. The van der Waals surface area contributed by atoms with Crippen molar-refractivity contribution in [1.29, 1.82) is 0 Å². The third kappa shape index (κ3) is 5.19. The largest absolute Gasteiger partial charge is 0.178 e. The van der Waals surface area contributed by atoms with Gasteiger partial charge in [0.2, 0.25) is 0 Å². The summed E-state index contributed by atoms with van der Waals surface area (Å²) in [6, 6.07) is 0. The van der Waals surface area contributed by atoms with Crippen LogP contribution in [0.3, 0.4) is 0 Å². The molecule has 0 saturated heterocycles. The van der Waals surface area contributed by atoms with Gasteiger partial charge < -0.3 is 0 Å². The molecule has 2 unspecified atom stereocenters. The van der Waals surface area contributed by atoms with E-state index in [0.717, 1.165) is 5.75 Å².